The molecule has 0 aliphatic rings. The van der Waals surface area contributed by atoms with E-state index in [1.807, 2.05) is 0 Å². The standard InChI is InChI=1S/C23H19NO6S3/c25-31(26,19-11-4-1-5-12-19)23(32(27,28)20-13-6-2-7-14-20)22-17-10-18-24(22)33(29,30)21-15-8-3-9-16-21/h1-18,23H. The lowest BCUT2D eigenvalue weighted by Crippen LogP contribution is -2.27. The van der Waals surface area contributed by atoms with Gasteiger partial charge in [0.25, 0.3) is 10.0 Å². The number of nitrogens with zero attached hydrogens (tertiary/aromatic N) is 1. The molecule has 0 saturated heterocycles. The second-order valence-corrected chi connectivity index (χ2v) is 13.3. The van der Waals surface area contributed by atoms with E-state index >= 15 is 0 Å². The molecule has 0 bridgehead atoms. The Morgan fingerprint density at radius 2 is 0.879 bits per heavy atom. The fourth-order valence-corrected chi connectivity index (χ4v) is 9.56. The van der Waals surface area contributed by atoms with Crippen molar-refractivity contribution in [2.75, 3.05) is 0 Å². The summed E-state index contributed by atoms with van der Waals surface area (Å²) in [6, 6.07) is 24.1. The first kappa shape index (κ1) is 23.0. The van der Waals surface area contributed by atoms with Crippen LogP contribution in [-0.4, -0.2) is 29.2 Å². The first-order valence-electron chi connectivity index (χ1n) is 9.72. The first-order valence-corrected chi connectivity index (χ1v) is 14.3. The highest BCUT2D eigenvalue weighted by molar-refractivity contribution is 8.08. The average molecular weight is 502 g/mol. The SMILES string of the molecule is O=S(=O)(c1ccccc1)C(c1cccn1S(=O)(=O)c1ccccc1)S(=O)(=O)c1ccccc1. The molecule has 0 fully saturated rings. The van der Waals surface area contributed by atoms with Crippen LogP contribution in [0.3, 0.4) is 0 Å². The molecule has 0 aliphatic heterocycles. The van der Waals surface area contributed by atoms with Crippen LogP contribution in [0.2, 0.25) is 0 Å². The van der Waals surface area contributed by atoms with Gasteiger partial charge in [-0.05, 0) is 48.5 Å². The van der Waals surface area contributed by atoms with E-state index in [1.54, 1.807) is 18.2 Å². The zero-order valence-electron chi connectivity index (χ0n) is 17.1. The van der Waals surface area contributed by atoms with Crippen LogP contribution in [0.4, 0.5) is 0 Å². The van der Waals surface area contributed by atoms with Crippen molar-refractivity contribution in [3.05, 3.63) is 115 Å². The fourth-order valence-electron chi connectivity index (χ4n) is 3.44. The molecule has 33 heavy (non-hydrogen) atoms. The van der Waals surface area contributed by atoms with Crippen LogP contribution in [-0.2, 0) is 29.7 Å². The minimum Gasteiger partial charge on any atom is -0.243 e. The molecule has 0 aliphatic carbocycles. The van der Waals surface area contributed by atoms with Gasteiger partial charge in [0.1, 0.15) is 0 Å². The summed E-state index contributed by atoms with van der Waals surface area (Å²) < 4.78 is 79.9. The Morgan fingerprint density at radius 1 is 0.485 bits per heavy atom. The third-order valence-corrected chi connectivity index (χ3v) is 11.7. The maximum Gasteiger partial charge on any atom is 0.267 e. The minimum absolute atomic E-state index is 0.101. The minimum atomic E-state index is -4.57. The van der Waals surface area contributed by atoms with Gasteiger partial charge >= 0.3 is 0 Å². The molecule has 4 aromatic rings. The van der Waals surface area contributed by atoms with E-state index in [2.05, 4.69) is 0 Å². The van der Waals surface area contributed by atoms with Crippen LogP contribution < -0.4 is 0 Å². The molecule has 1 aromatic heterocycles. The summed E-state index contributed by atoms with van der Waals surface area (Å²) in [5.74, 6) is 0. The molecular weight excluding hydrogens is 482 g/mol. The summed E-state index contributed by atoms with van der Waals surface area (Å²) in [6.45, 7) is 0. The van der Waals surface area contributed by atoms with Crippen LogP contribution in [0, 0.1) is 0 Å². The third kappa shape index (κ3) is 4.12. The van der Waals surface area contributed by atoms with E-state index in [0.717, 1.165) is 6.20 Å². The van der Waals surface area contributed by atoms with Crippen molar-refractivity contribution in [1.82, 2.24) is 3.97 Å². The first-order chi connectivity index (χ1) is 15.7. The number of benzene rings is 3. The Morgan fingerprint density at radius 3 is 1.30 bits per heavy atom. The topological polar surface area (TPSA) is 107 Å². The Hall–Kier alpha value is -3.21. The summed E-state index contributed by atoms with van der Waals surface area (Å²) in [7, 11) is -13.4. The van der Waals surface area contributed by atoms with Crippen molar-refractivity contribution in [2.45, 2.75) is 19.3 Å². The van der Waals surface area contributed by atoms with Gasteiger partial charge in [0.15, 0.2) is 0 Å². The molecule has 0 N–H and O–H groups in total. The number of aromatic nitrogens is 1. The van der Waals surface area contributed by atoms with Crippen LogP contribution in [0.25, 0.3) is 0 Å². The number of hydrogen-bond acceptors (Lipinski definition) is 6. The van der Waals surface area contributed by atoms with Crippen LogP contribution in [0.5, 0.6) is 0 Å². The van der Waals surface area contributed by atoms with Crippen LogP contribution >= 0.6 is 0 Å². The molecule has 0 saturated carbocycles. The van der Waals surface area contributed by atoms with E-state index in [0.29, 0.717) is 3.97 Å². The number of rotatable bonds is 7. The van der Waals surface area contributed by atoms with Gasteiger partial charge in [-0.15, -0.1) is 0 Å². The summed E-state index contributed by atoms with van der Waals surface area (Å²) in [5.41, 5.74) is -0.397. The van der Waals surface area contributed by atoms with Crippen molar-refractivity contribution >= 4 is 29.7 Å². The van der Waals surface area contributed by atoms with Crippen LogP contribution in [0.1, 0.15) is 10.3 Å². The van der Waals surface area contributed by atoms with E-state index < -0.39 is 40.0 Å². The van der Waals surface area contributed by atoms with E-state index in [-0.39, 0.29) is 14.7 Å². The predicted octanol–water partition coefficient (Wildman–Crippen LogP) is 3.67. The molecule has 0 spiro atoms. The fraction of sp³-hybridized carbons (Fsp3) is 0.0435. The maximum atomic E-state index is 13.7. The molecule has 1 heterocycles. The number of sulfone groups is 2. The predicted molar refractivity (Wildman–Crippen MR) is 123 cm³/mol. The Kier molecular flexibility index (Phi) is 6.00. The molecule has 0 unspecified atom stereocenters. The van der Waals surface area contributed by atoms with Crippen molar-refractivity contribution in [2.24, 2.45) is 0 Å². The van der Waals surface area contributed by atoms with E-state index in [1.165, 1.54) is 84.9 Å². The largest absolute Gasteiger partial charge is 0.267 e. The van der Waals surface area contributed by atoms with E-state index in [9.17, 15) is 25.3 Å². The zero-order valence-corrected chi connectivity index (χ0v) is 19.5. The van der Waals surface area contributed by atoms with Gasteiger partial charge in [0, 0.05) is 6.20 Å². The van der Waals surface area contributed by atoms with Crippen molar-refractivity contribution in [3.8, 4) is 0 Å². The lowest BCUT2D eigenvalue weighted by molar-refractivity contribution is 0.572. The smallest absolute Gasteiger partial charge is 0.243 e. The molecule has 7 nitrogen and oxygen atoms in total. The van der Waals surface area contributed by atoms with Gasteiger partial charge in [-0.1, -0.05) is 54.6 Å². The Balaban J connectivity index is 2.01. The molecule has 0 radical (unpaired) electrons. The Bertz CT molecular complexity index is 1510. The summed E-state index contributed by atoms with van der Waals surface area (Å²) in [6.07, 6.45) is 1.14. The van der Waals surface area contributed by atoms with Gasteiger partial charge in [-0.25, -0.2) is 29.2 Å². The lowest BCUT2D eigenvalue weighted by atomic mass is 10.4. The van der Waals surface area contributed by atoms with Gasteiger partial charge in [0.2, 0.25) is 24.3 Å². The summed E-state index contributed by atoms with van der Waals surface area (Å²) in [4.78, 5) is -0.575. The van der Waals surface area contributed by atoms with Gasteiger partial charge in [-0.2, -0.15) is 0 Å². The number of hydrogen-bond donors (Lipinski definition) is 0. The summed E-state index contributed by atoms with van der Waals surface area (Å²) >= 11 is 0. The summed E-state index contributed by atoms with van der Waals surface area (Å²) in [5, 5.41) is 0. The normalized spacial score (nSPS) is 12.6. The lowest BCUT2D eigenvalue weighted by Gasteiger charge is -2.21. The highest BCUT2D eigenvalue weighted by Crippen LogP contribution is 2.39. The van der Waals surface area contributed by atoms with Crippen LogP contribution in [0.15, 0.2) is 124 Å². The van der Waals surface area contributed by atoms with Crippen molar-refractivity contribution in [1.29, 1.82) is 0 Å². The van der Waals surface area contributed by atoms with E-state index in [4.69, 9.17) is 0 Å². The van der Waals surface area contributed by atoms with Crippen molar-refractivity contribution in [3.63, 3.8) is 0 Å². The maximum absolute atomic E-state index is 13.7. The van der Waals surface area contributed by atoms with Gasteiger partial charge in [-0.3, -0.25) is 0 Å². The zero-order chi connectivity index (χ0) is 23.7. The van der Waals surface area contributed by atoms with Gasteiger partial charge in [0.05, 0.1) is 20.4 Å². The average Bonchev–Trinajstić information content (AvgIpc) is 3.30. The molecular formula is C23H19NO6S3. The molecule has 4 rings (SSSR count). The van der Waals surface area contributed by atoms with Gasteiger partial charge < -0.3 is 0 Å². The quantitative estimate of drug-likeness (QED) is 0.382. The third-order valence-electron chi connectivity index (χ3n) is 4.99. The molecule has 0 amide bonds. The van der Waals surface area contributed by atoms with Crippen molar-refractivity contribution < 1.29 is 25.3 Å². The highest BCUT2D eigenvalue weighted by atomic mass is 32.3. The molecule has 3 aromatic carbocycles. The second kappa shape index (κ2) is 8.62. The Labute approximate surface area is 192 Å². The monoisotopic (exact) mass is 501 g/mol. The molecule has 170 valence electrons. The molecule has 10 heteroatoms. The highest BCUT2D eigenvalue weighted by Gasteiger charge is 2.44. The molecule has 0 atom stereocenters. The second-order valence-electron chi connectivity index (χ2n) is 7.10.